The Bertz CT molecular complexity index is 1510. The first kappa shape index (κ1) is 31.4. The van der Waals surface area contributed by atoms with E-state index in [0.717, 1.165) is 95.5 Å². The minimum atomic E-state index is -4.57. The third kappa shape index (κ3) is 6.02. The van der Waals surface area contributed by atoms with E-state index in [1.54, 1.807) is 0 Å². The predicted molar refractivity (Wildman–Crippen MR) is 148 cm³/mol. The topological polar surface area (TPSA) is 40.5 Å². The second-order valence-electron chi connectivity index (χ2n) is 11.1. The van der Waals surface area contributed by atoms with Gasteiger partial charge in [0.2, 0.25) is 0 Å². The van der Waals surface area contributed by atoms with E-state index in [1.165, 1.54) is 0 Å². The van der Waals surface area contributed by atoms with Crippen molar-refractivity contribution in [2.45, 2.75) is 62.7 Å². The third-order valence-corrected chi connectivity index (χ3v) is 8.54. The van der Waals surface area contributed by atoms with Gasteiger partial charge in [-0.3, -0.25) is 0 Å². The fraction of sp³-hybridized carbons (Fsp3) is 0.294. The standard InChI is InChI=1S/C34H28F6O2.Zr/c35-33(36,37)23-11-13-29(41)27(17-23)31-21(15-19-5-1-3-7-25(19)31)9-10-22-16-20-6-2-4-8-26(20)32(22)28-18-24(34(38,39)40)12-14-30(28)42;/h5-8,11-18,31-32,41-42H,1-4,9-10H2;. The summed E-state index contributed by atoms with van der Waals surface area (Å²) in [5, 5.41) is 21.4. The Labute approximate surface area is 264 Å². The van der Waals surface area contributed by atoms with Gasteiger partial charge in [0.25, 0.3) is 0 Å². The number of hydrogen-bond acceptors (Lipinski definition) is 2. The van der Waals surface area contributed by atoms with Crippen molar-refractivity contribution in [1.82, 2.24) is 0 Å². The van der Waals surface area contributed by atoms with E-state index in [4.69, 9.17) is 0 Å². The first-order valence-corrected chi connectivity index (χ1v) is 13.9. The van der Waals surface area contributed by atoms with E-state index in [0.29, 0.717) is 12.8 Å². The quantitative estimate of drug-likeness (QED) is 0.310. The van der Waals surface area contributed by atoms with Gasteiger partial charge in [-0.15, -0.1) is 0 Å². The number of halogens is 6. The Morgan fingerprint density at radius 2 is 0.953 bits per heavy atom. The molecule has 0 fully saturated rings. The summed E-state index contributed by atoms with van der Waals surface area (Å²) >= 11 is 0. The maximum atomic E-state index is 13.6. The number of phenols is 2. The number of benzene rings is 2. The monoisotopic (exact) mass is 672 g/mol. The molecule has 43 heavy (non-hydrogen) atoms. The number of hydrogen-bond donors (Lipinski definition) is 2. The number of aromatic hydroxyl groups is 2. The number of allylic oxidation sites excluding steroid dienone is 12. The first-order chi connectivity index (χ1) is 19.9. The molecule has 222 valence electrons. The van der Waals surface area contributed by atoms with Crippen LogP contribution in [0, 0.1) is 0 Å². The van der Waals surface area contributed by atoms with Crippen LogP contribution >= 0.6 is 0 Å². The van der Waals surface area contributed by atoms with Crippen molar-refractivity contribution in [3.63, 3.8) is 0 Å². The van der Waals surface area contributed by atoms with Crippen LogP contribution in [0.25, 0.3) is 0 Å². The molecule has 2 atom stereocenters. The number of rotatable bonds is 5. The minimum absolute atomic E-state index is 0. The van der Waals surface area contributed by atoms with Crippen molar-refractivity contribution in [2.75, 3.05) is 0 Å². The van der Waals surface area contributed by atoms with E-state index in [-0.39, 0.29) is 48.8 Å². The molecule has 9 heteroatoms. The van der Waals surface area contributed by atoms with Crippen LogP contribution in [0.15, 0.2) is 106 Å². The average molecular weight is 674 g/mol. The molecule has 2 unspecified atom stereocenters. The molecule has 2 N–H and O–H groups in total. The van der Waals surface area contributed by atoms with Gasteiger partial charge in [-0.2, -0.15) is 26.3 Å². The van der Waals surface area contributed by atoms with Gasteiger partial charge in [-0.1, -0.05) is 47.6 Å². The smallest absolute Gasteiger partial charge is 0.416 e. The molecular weight excluding hydrogens is 646 g/mol. The SMILES string of the molecule is Oc1ccc(C(F)(F)F)cc1C1C(CCC2=CC3=CCCC=C3C2c2cc(C(F)(F)F)ccc2O)=CC2=CCCC=C21.[Zr]. The van der Waals surface area contributed by atoms with Crippen LogP contribution < -0.4 is 0 Å². The van der Waals surface area contributed by atoms with Gasteiger partial charge in [0.1, 0.15) is 11.5 Å². The zero-order chi connectivity index (χ0) is 29.8. The Kier molecular flexibility index (Phi) is 8.61. The molecule has 0 saturated carbocycles. The summed E-state index contributed by atoms with van der Waals surface area (Å²) in [6.45, 7) is 0. The molecule has 0 radical (unpaired) electrons. The molecular formula is C34H28F6O2Zr. The second-order valence-corrected chi connectivity index (χ2v) is 11.1. The minimum Gasteiger partial charge on any atom is -0.508 e. The van der Waals surface area contributed by atoms with E-state index in [1.807, 2.05) is 36.5 Å². The molecule has 4 aliphatic rings. The molecule has 0 bridgehead atoms. The third-order valence-electron chi connectivity index (χ3n) is 8.54. The van der Waals surface area contributed by atoms with Gasteiger partial charge in [0.15, 0.2) is 0 Å². The first-order valence-electron chi connectivity index (χ1n) is 13.9. The van der Waals surface area contributed by atoms with Crippen LogP contribution in [0.2, 0.25) is 0 Å². The van der Waals surface area contributed by atoms with Gasteiger partial charge in [-0.25, -0.2) is 0 Å². The Morgan fingerprint density at radius 3 is 1.33 bits per heavy atom. The number of alkyl halides is 6. The summed E-state index contributed by atoms with van der Waals surface area (Å²) in [5.74, 6) is -1.58. The summed E-state index contributed by atoms with van der Waals surface area (Å²) in [7, 11) is 0. The number of phenolic OH excluding ortho intramolecular Hbond substituents is 2. The molecule has 0 aromatic heterocycles. The summed E-state index contributed by atoms with van der Waals surface area (Å²) in [5.41, 5.74) is 3.89. The van der Waals surface area contributed by atoms with Gasteiger partial charge < -0.3 is 10.2 Å². The van der Waals surface area contributed by atoms with Gasteiger partial charge in [0, 0.05) is 49.2 Å². The van der Waals surface area contributed by atoms with Crippen LogP contribution in [-0.4, -0.2) is 10.2 Å². The summed E-state index contributed by atoms with van der Waals surface area (Å²) < 4.78 is 81.7. The zero-order valence-electron chi connectivity index (χ0n) is 23.0. The Balaban J connectivity index is 0.00000368. The largest absolute Gasteiger partial charge is 0.508 e. The van der Waals surface area contributed by atoms with Crippen LogP contribution in [0.1, 0.15) is 72.6 Å². The van der Waals surface area contributed by atoms with E-state index in [2.05, 4.69) is 0 Å². The maximum Gasteiger partial charge on any atom is 0.416 e. The van der Waals surface area contributed by atoms with Crippen LogP contribution in [0.4, 0.5) is 26.3 Å². The van der Waals surface area contributed by atoms with Gasteiger partial charge >= 0.3 is 12.4 Å². The van der Waals surface area contributed by atoms with Crippen LogP contribution in [0.3, 0.4) is 0 Å². The molecule has 2 aromatic rings. The Morgan fingerprint density at radius 1 is 0.581 bits per heavy atom. The molecule has 6 rings (SSSR count). The molecule has 4 aliphatic carbocycles. The van der Waals surface area contributed by atoms with Crippen molar-refractivity contribution >= 4 is 0 Å². The van der Waals surface area contributed by atoms with E-state index in [9.17, 15) is 36.6 Å². The van der Waals surface area contributed by atoms with Crippen molar-refractivity contribution < 1.29 is 62.8 Å². The molecule has 2 nitrogen and oxygen atoms in total. The van der Waals surface area contributed by atoms with E-state index < -0.39 is 35.3 Å². The maximum absolute atomic E-state index is 13.6. The summed E-state index contributed by atoms with van der Waals surface area (Å²) in [6, 6.07) is 5.90. The fourth-order valence-electron chi connectivity index (χ4n) is 6.63. The number of fused-ring (bicyclic) bond motifs is 2. The van der Waals surface area contributed by atoms with Crippen LogP contribution in [0.5, 0.6) is 11.5 Å². The summed E-state index contributed by atoms with van der Waals surface area (Å²) in [4.78, 5) is 0. The zero-order valence-corrected chi connectivity index (χ0v) is 25.4. The summed E-state index contributed by atoms with van der Waals surface area (Å²) in [6.07, 6.45) is 6.79. The normalized spacial score (nSPS) is 21.4. The molecule has 0 aliphatic heterocycles. The van der Waals surface area contributed by atoms with Crippen molar-refractivity contribution in [1.29, 1.82) is 0 Å². The molecule has 0 heterocycles. The second kappa shape index (κ2) is 11.8. The Hall–Kier alpha value is -3.06. The van der Waals surface area contributed by atoms with Crippen molar-refractivity contribution in [2.24, 2.45) is 0 Å². The van der Waals surface area contributed by atoms with Gasteiger partial charge in [-0.05, 0) is 97.2 Å². The molecule has 0 spiro atoms. The van der Waals surface area contributed by atoms with Crippen molar-refractivity contribution in [3.8, 4) is 11.5 Å². The predicted octanol–water partition coefficient (Wildman–Crippen LogP) is 9.95. The average Bonchev–Trinajstić information content (AvgIpc) is 3.49. The van der Waals surface area contributed by atoms with Gasteiger partial charge in [0.05, 0.1) is 11.1 Å². The van der Waals surface area contributed by atoms with Crippen LogP contribution in [-0.2, 0) is 38.6 Å². The molecule has 0 saturated heterocycles. The molecule has 0 amide bonds. The molecule has 2 aromatic carbocycles. The fourth-order valence-corrected chi connectivity index (χ4v) is 6.63. The van der Waals surface area contributed by atoms with E-state index >= 15 is 0 Å². The van der Waals surface area contributed by atoms with Crippen molar-refractivity contribution in [3.05, 3.63) is 129 Å².